The summed E-state index contributed by atoms with van der Waals surface area (Å²) >= 11 is 12.5. The van der Waals surface area contributed by atoms with Crippen molar-refractivity contribution in [3.8, 4) is 0 Å². The van der Waals surface area contributed by atoms with Crippen molar-refractivity contribution in [2.45, 2.75) is 82.7 Å². The maximum Gasteiger partial charge on any atom is 0.289 e. The van der Waals surface area contributed by atoms with E-state index in [0.717, 1.165) is 38.5 Å². The Hall–Kier alpha value is -2.95. The molecule has 1 aromatic heterocycles. The monoisotopic (exact) mass is 672 g/mol. The minimum Gasteiger partial charge on any atom is -0.379 e. The molecule has 12 heteroatoms. The zero-order valence-corrected chi connectivity index (χ0v) is 27.5. The molecule has 0 bridgehead atoms. The summed E-state index contributed by atoms with van der Waals surface area (Å²) in [6.07, 6.45) is 9.20. The average Bonchev–Trinajstić information content (AvgIpc) is 3.85. The first-order valence-electron chi connectivity index (χ1n) is 16.7. The number of carbonyl (C=O) groups excluding carboxylic acids is 5. The molecule has 2 aromatic rings. The fourth-order valence-corrected chi connectivity index (χ4v) is 8.65. The number of H-pyrrole nitrogens is 1. The van der Waals surface area contributed by atoms with Crippen molar-refractivity contribution in [1.82, 2.24) is 20.5 Å². The Kier molecular flexibility index (Phi) is 10.3. The van der Waals surface area contributed by atoms with Crippen LogP contribution < -0.4 is 10.6 Å². The Morgan fingerprint density at radius 3 is 2.57 bits per heavy atom. The van der Waals surface area contributed by atoms with Gasteiger partial charge in [0.05, 0.1) is 17.7 Å². The molecular weight excluding hydrogens is 631 g/mol. The van der Waals surface area contributed by atoms with Gasteiger partial charge in [0.25, 0.3) is 11.8 Å². The van der Waals surface area contributed by atoms with E-state index in [2.05, 4.69) is 15.6 Å². The van der Waals surface area contributed by atoms with Crippen LogP contribution in [0, 0.1) is 23.7 Å². The van der Waals surface area contributed by atoms with E-state index in [1.54, 1.807) is 23.1 Å². The van der Waals surface area contributed by atoms with Gasteiger partial charge in [0.15, 0.2) is 0 Å². The lowest BCUT2D eigenvalue weighted by Crippen LogP contribution is -2.55. The van der Waals surface area contributed by atoms with Gasteiger partial charge in [-0.3, -0.25) is 24.0 Å². The maximum absolute atomic E-state index is 14.1. The number of ether oxygens (including phenoxy) is 1. The summed E-state index contributed by atoms with van der Waals surface area (Å²) in [4.78, 5) is 71.7. The van der Waals surface area contributed by atoms with Gasteiger partial charge in [0.1, 0.15) is 17.5 Å². The highest BCUT2D eigenvalue weighted by atomic mass is 35.5. The number of nitrogens with zero attached hydrogens (tertiary/aromatic N) is 1. The van der Waals surface area contributed by atoms with Gasteiger partial charge >= 0.3 is 0 Å². The first-order chi connectivity index (χ1) is 22.2. The van der Waals surface area contributed by atoms with Gasteiger partial charge in [0, 0.05) is 48.0 Å². The summed E-state index contributed by atoms with van der Waals surface area (Å²) in [6, 6.07) is 2.97. The molecule has 4 aliphatic rings. The lowest BCUT2D eigenvalue weighted by Gasteiger charge is -2.29. The number of rotatable bonds is 12. The Balaban J connectivity index is 1.15. The van der Waals surface area contributed by atoms with Gasteiger partial charge in [-0.1, -0.05) is 42.5 Å². The van der Waals surface area contributed by atoms with Gasteiger partial charge in [0.2, 0.25) is 11.7 Å². The first-order valence-corrected chi connectivity index (χ1v) is 17.5. The molecular formula is C34H42Cl2N4O6. The molecule has 0 spiro atoms. The molecule has 4 fully saturated rings. The second-order valence-electron chi connectivity index (χ2n) is 13.5. The molecule has 2 heterocycles. The van der Waals surface area contributed by atoms with Gasteiger partial charge in [-0.2, -0.15) is 0 Å². The fourth-order valence-electron chi connectivity index (χ4n) is 8.10. The number of hydrogen-bond acceptors (Lipinski definition) is 6. The summed E-state index contributed by atoms with van der Waals surface area (Å²) < 4.78 is 5.71. The molecule has 3 saturated carbocycles. The molecule has 248 valence electrons. The zero-order chi connectivity index (χ0) is 32.4. The van der Waals surface area contributed by atoms with E-state index in [4.69, 9.17) is 27.9 Å². The highest BCUT2D eigenvalue weighted by Crippen LogP contribution is 2.43. The highest BCUT2D eigenvalue weighted by molar-refractivity contribution is 6.39. The molecule has 1 saturated heterocycles. The van der Waals surface area contributed by atoms with Crippen LogP contribution in [0.2, 0.25) is 10.0 Å². The van der Waals surface area contributed by atoms with E-state index in [1.807, 2.05) is 0 Å². The predicted molar refractivity (Wildman–Crippen MR) is 174 cm³/mol. The molecule has 10 nitrogen and oxygen atoms in total. The van der Waals surface area contributed by atoms with Crippen molar-refractivity contribution in [1.29, 1.82) is 0 Å². The van der Waals surface area contributed by atoms with E-state index >= 15 is 0 Å². The number of carbonyl (C=O) groups is 5. The number of nitrogens with one attached hydrogen (secondary N) is 3. The number of halogens is 2. The third-order valence-electron chi connectivity index (χ3n) is 10.5. The van der Waals surface area contributed by atoms with Crippen molar-refractivity contribution in [2.75, 3.05) is 26.3 Å². The average molecular weight is 674 g/mol. The first kappa shape index (κ1) is 33.0. The highest BCUT2D eigenvalue weighted by Gasteiger charge is 2.50. The van der Waals surface area contributed by atoms with Crippen molar-refractivity contribution in [2.24, 2.45) is 23.7 Å². The summed E-state index contributed by atoms with van der Waals surface area (Å²) in [5.74, 6) is -2.15. The van der Waals surface area contributed by atoms with Crippen molar-refractivity contribution < 1.29 is 28.7 Å². The van der Waals surface area contributed by atoms with Crippen LogP contribution in [0.4, 0.5) is 0 Å². The van der Waals surface area contributed by atoms with Crippen molar-refractivity contribution in [3.05, 3.63) is 33.9 Å². The molecule has 5 atom stereocenters. The number of aromatic amines is 1. The zero-order valence-electron chi connectivity index (χ0n) is 26.0. The van der Waals surface area contributed by atoms with Gasteiger partial charge in [-0.05, 0) is 80.9 Å². The fraction of sp³-hybridized carbons (Fsp3) is 0.618. The largest absolute Gasteiger partial charge is 0.379 e. The van der Waals surface area contributed by atoms with Crippen LogP contribution in [-0.4, -0.2) is 77.6 Å². The number of fused-ring (bicyclic) bond motifs is 2. The third-order valence-corrected chi connectivity index (χ3v) is 11.0. The van der Waals surface area contributed by atoms with E-state index in [-0.39, 0.29) is 42.2 Å². The number of amides is 3. The standard InChI is InChI=1S/C34H42Cl2N4O6/c35-22-14-25(36)24-16-28(38-26(24)15-22)34(45)40-17-21-8-3-9-23(21)30(40)32(43)39-27(13-20-7-4-10-29(20)41)31(42)33(44)37-11-12-46-18-19-5-1-2-6-19/h14-16,19-21,23,27,30,38H,1-13,17-18H2,(H,37,44)(H,39,43). The molecule has 3 N–H and O–H groups in total. The van der Waals surface area contributed by atoms with E-state index in [0.29, 0.717) is 59.5 Å². The summed E-state index contributed by atoms with van der Waals surface area (Å²) in [6.45, 7) is 1.52. The topological polar surface area (TPSA) is 138 Å². The number of benzene rings is 1. The van der Waals surface area contributed by atoms with Crippen LogP contribution in [0.3, 0.4) is 0 Å². The predicted octanol–water partition coefficient (Wildman–Crippen LogP) is 4.85. The Labute approximate surface area is 278 Å². The summed E-state index contributed by atoms with van der Waals surface area (Å²) in [7, 11) is 0. The number of hydrogen-bond donors (Lipinski definition) is 3. The smallest absolute Gasteiger partial charge is 0.289 e. The number of likely N-dealkylation sites (tertiary alicyclic amines) is 1. The minimum atomic E-state index is -1.18. The molecule has 1 aromatic carbocycles. The summed E-state index contributed by atoms with van der Waals surface area (Å²) in [5.41, 5.74) is 0.902. The Morgan fingerprint density at radius 1 is 1.00 bits per heavy atom. The Bertz CT molecular complexity index is 1500. The molecule has 3 amide bonds. The maximum atomic E-state index is 14.1. The molecule has 5 unspecified atom stereocenters. The number of ketones is 2. The number of Topliss-reactive ketones (excluding diaryl/α,β-unsaturated/α-hetero) is 2. The second kappa shape index (κ2) is 14.4. The van der Waals surface area contributed by atoms with Crippen molar-refractivity contribution in [3.63, 3.8) is 0 Å². The van der Waals surface area contributed by atoms with Crippen LogP contribution in [0.1, 0.15) is 81.1 Å². The van der Waals surface area contributed by atoms with Crippen LogP contribution in [0.5, 0.6) is 0 Å². The molecule has 1 aliphatic heterocycles. The van der Waals surface area contributed by atoms with E-state index in [1.165, 1.54) is 12.8 Å². The normalized spacial score (nSPS) is 25.3. The van der Waals surface area contributed by atoms with E-state index in [9.17, 15) is 24.0 Å². The summed E-state index contributed by atoms with van der Waals surface area (Å²) in [5, 5.41) is 6.97. The minimum absolute atomic E-state index is 0.0406. The van der Waals surface area contributed by atoms with E-state index < -0.39 is 35.6 Å². The molecule has 6 rings (SSSR count). The number of aromatic nitrogens is 1. The Morgan fingerprint density at radius 2 is 1.80 bits per heavy atom. The quantitative estimate of drug-likeness (QED) is 0.218. The van der Waals surface area contributed by atoms with Crippen molar-refractivity contribution >= 4 is 63.4 Å². The third kappa shape index (κ3) is 7.14. The molecule has 46 heavy (non-hydrogen) atoms. The van der Waals surface area contributed by atoms with Crippen LogP contribution in [-0.2, 0) is 23.9 Å². The lowest BCUT2D eigenvalue weighted by molar-refractivity contribution is -0.141. The molecule has 3 aliphatic carbocycles. The van der Waals surface area contributed by atoms with Crippen LogP contribution in [0.25, 0.3) is 10.9 Å². The molecule has 0 radical (unpaired) electrons. The van der Waals surface area contributed by atoms with Crippen LogP contribution in [0.15, 0.2) is 18.2 Å². The van der Waals surface area contributed by atoms with Gasteiger partial charge in [-0.25, -0.2) is 0 Å². The van der Waals surface area contributed by atoms with Crippen LogP contribution >= 0.6 is 23.2 Å². The van der Waals surface area contributed by atoms with Gasteiger partial charge in [-0.15, -0.1) is 0 Å². The van der Waals surface area contributed by atoms with Gasteiger partial charge < -0.3 is 25.3 Å². The SMILES string of the molecule is O=C(NCCOCC1CCCC1)C(=O)C(CC1CCCC1=O)NC(=O)C1C2CCCC2CN1C(=O)c1cc2c(Cl)cc(Cl)cc2[nH]1. The second-order valence-corrected chi connectivity index (χ2v) is 14.3. The lowest BCUT2D eigenvalue weighted by atomic mass is 9.91.